The number of carbonyl (C=O) groups is 2. The molecule has 6 fully saturated rings. The molecule has 6 aliphatic rings. The molecule has 284 valence electrons. The van der Waals surface area contributed by atoms with Gasteiger partial charge < -0.3 is 20.1 Å². The Morgan fingerprint density at radius 3 is 2.28 bits per heavy atom. The Morgan fingerprint density at radius 2 is 1.60 bits per heavy atom. The van der Waals surface area contributed by atoms with Crippen molar-refractivity contribution in [2.45, 2.75) is 158 Å². The van der Waals surface area contributed by atoms with Gasteiger partial charge in [0.2, 0.25) is 0 Å². The average molecular weight is 695 g/mol. The van der Waals surface area contributed by atoms with Crippen LogP contribution in [0.5, 0.6) is 0 Å². The van der Waals surface area contributed by atoms with Crippen LogP contribution in [0, 0.1) is 62.1 Å². The van der Waals surface area contributed by atoms with Gasteiger partial charge in [-0.2, -0.15) is 0 Å². The number of hydrogen-bond acceptors (Lipinski definition) is 5. The zero-order valence-corrected chi connectivity index (χ0v) is 33.4. The Kier molecular flexibility index (Phi) is 10.6. The van der Waals surface area contributed by atoms with Crippen LogP contribution in [0.2, 0.25) is 0 Å². The van der Waals surface area contributed by atoms with E-state index in [1.807, 2.05) is 0 Å². The molecule has 50 heavy (non-hydrogen) atoms. The molecule has 0 aromatic carbocycles. The molecule has 5 saturated carbocycles. The molecule has 1 saturated heterocycles. The molecule has 0 amide bonds. The van der Waals surface area contributed by atoms with E-state index in [1.165, 1.54) is 102 Å². The van der Waals surface area contributed by atoms with Gasteiger partial charge in [0.1, 0.15) is 6.10 Å². The molecule has 0 spiro atoms. The largest absolute Gasteiger partial charge is 0.481 e. The van der Waals surface area contributed by atoms with E-state index in [0.29, 0.717) is 34.0 Å². The highest BCUT2D eigenvalue weighted by atomic mass is 16.5. The summed E-state index contributed by atoms with van der Waals surface area (Å²) in [7, 11) is 0. The van der Waals surface area contributed by atoms with Gasteiger partial charge in [0.05, 0.1) is 11.8 Å². The summed E-state index contributed by atoms with van der Waals surface area (Å²) in [6, 6.07) is 0. The van der Waals surface area contributed by atoms with Crippen molar-refractivity contribution in [1.82, 2.24) is 10.2 Å². The lowest BCUT2D eigenvalue weighted by Gasteiger charge is -2.73. The van der Waals surface area contributed by atoms with Gasteiger partial charge in [-0.25, -0.2) is 0 Å². The van der Waals surface area contributed by atoms with E-state index in [0.717, 1.165) is 37.8 Å². The fraction of sp³-hybridized carbons (Fsp3) is 0.909. The van der Waals surface area contributed by atoms with Crippen molar-refractivity contribution in [2.75, 3.05) is 32.7 Å². The Bertz CT molecular complexity index is 1290. The predicted octanol–water partition coefficient (Wildman–Crippen LogP) is 9.52. The van der Waals surface area contributed by atoms with Crippen LogP contribution >= 0.6 is 0 Å². The summed E-state index contributed by atoms with van der Waals surface area (Å²) in [5.74, 6) is 2.03. The van der Waals surface area contributed by atoms with Crippen molar-refractivity contribution in [3.8, 4) is 0 Å². The van der Waals surface area contributed by atoms with Gasteiger partial charge in [-0.3, -0.25) is 9.59 Å². The highest BCUT2D eigenvalue weighted by Crippen LogP contribution is 2.78. The molecule has 0 bridgehead atoms. The monoisotopic (exact) mass is 695 g/mol. The minimum atomic E-state index is -1.12. The molecule has 6 rings (SSSR count). The number of carboxylic acids is 1. The quantitative estimate of drug-likeness (QED) is 0.120. The van der Waals surface area contributed by atoms with Crippen LogP contribution in [0.25, 0.3) is 0 Å². The van der Waals surface area contributed by atoms with E-state index in [9.17, 15) is 14.7 Å². The van der Waals surface area contributed by atoms with E-state index >= 15 is 0 Å². The maximum absolute atomic E-state index is 13.1. The Morgan fingerprint density at radius 1 is 0.880 bits per heavy atom. The Balaban J connectivity index is 1.17. The predicted molar refractivity (Wildman–Crippen MR) is 203 cm³/mol. The molecule has 0 aromatic rings. The molecular weight excluding hydrogens is 620 g/mol. The van der Waals surface area contributed by atoms with Crippen molar-refractivity contribution in [2.24, 2.45) is 62.1 Å². The molecule has 1 aliphatic heterocycles. The molecule has 6 heteroatoms. The maximum Gasteiger partial charge on any atom is 0.309 e. The lowest BCUT2D eigenvalue weighted by Crippen LogP contribution is -2.66. The van der Waals surface area contributed by atoms with Crippen molar-refractivity contribution in [3.05, 3.63) is 12.2 Å². The van der Waals surface area contributed by atoms with Gasteiger partial charge in [-0.1, -0.05) is 46.8 Å². The van der Waals surface area contributed by atoms with Crippen molar-refractivity contribution in [1.29, 1.82) is 0 Å². The fourth-order valence-electron chi connectivity index (χ4n) is 14.4. The number of rotatable bonds is 12. The van der Waals surface area contributed by atoms with Crippen LogP contribution in [0.15, 0.2) is 12.2 Å². The van der Waals surface area contributed by atoms with Crippen LogP contribution in [-0.4, -0.2) is 60.8 Å². The summed E-state index contributed by atoms with van der Waals surface area (Å²) in [6.45, 7) is 29.1. The lowest BCUT2D eigenvalue weighted by atomic mass is 9.32. The summed E-state index contributed by atoms with van der Waals surface area (Å²) in [4.78, 5) is 27.5. The summed E-state index contributed by atoms with van der Waals surface area (Å²) < 4.78 is 6.21. The first-order chi connectivity index (χ1) is 23.4. The van der Waals surface area contributed by atoms with Gasteiger partial charge in [-0.15, -0.1) is 0 Å². The number of carboxylic acid groups (broad SMARTS) is 1. The number of carbonyl (C=O) groups excluding carboxylic acids is 1. The van der Waals surface area contributed by atoms with Gasteiger partial charge in [0, 0.05) is 5.41 Å². The van der Waals surface area contributed by atoms with Gasteiger partial charge in [0.15, 0.2) is 0 Å². The van der Waals surface area contributed by atoms with E-state index in [2.05, 4.69) is 58.3 Å². The van der Waals surface area contributed by atoms with Gasteiger partial charge >= 0.3 is 11.9 Å². The van der Waals surface area contributed by atoms with Crippen LogP contribution in [0.3, 0.4) is 0 Å². The van der Waals surface area contributed by atoms with Crippen LogP contribution in [0.1, 0.15) is 152 Å². The van der Waals surface area contributed by atoms with E-state index in [-0.39, 0.29) is 29.3 Å². The first-order valence-electron chi connectivity index (χ1n) is 20.9. The number of aliphatic carboxylic acids is 1. The molecule has 0 aromatic heterocycles. The summed E-state index contributed by atoms with van der Waals surface area (Å²) in [6.07, 6.45) is 17.7. The lowest BCUT2D eigenvalue weighted by molar-refractivity contribution is -0.250. The molecule has 6 nitrogen and oxygen atoms in total. The topological polar surface area (TPSA) is 78.9 Å². The third-order valence-corrected chi connectivity index (χ3v) is 17.4. The first kappa shape index (κ1) is 38.3. The van der Waals surface area contributed by atoms with E-state index in [4.69, 9.17) is 4.74 Å². The second-order valence-electron chi connectivity index (χ2n) is 20.7. The second kappa shape index (κ2) is 13.8. The van der Waals surface area contributed by atoms with Gasteiger partial charge in [0.25, 0.3) is 0 Å². The zero-order chi connectivity index (χ0) is 36.3. The smallest absolute Gasteiger partial charge is 0.309 e. The maximum atomic E-state index is 13.1. The summed E-state index contributed by atoms with van der Waals surface area (Å²) >= 11 is 0. The van der Waals surface area contributed by atoms with Crippen molar-refractivity contribution >= 4 is 11.9 Å². The SMILES string of the molecule is C=C(C)[C@@H]1CC[C@]2(CCNCCCN3CCCC3)CC[C@]3(C)[C@H](CC[C@@H]4[C@@]5(C)CC[C@H](OC(=O)CC(C)(C)C(=O)O)C(C)(C)[C@@H]5CC[C@]43C)[C@@H]12. The Labute approximate surface area is 305 Å². The van der Waals surface area contributed by atoms with Crippen LogP contribution in [-0.2, 0) is 14.3 Å². The summed E-state index contributed by atoms with van der Waals surface area (Å²) in [5, 5.41) is 13.5. The minimum Gasteiger partial charge on any atom is -0.481 e. The molecule has 10 atom stereocenters. The molecule has 0 radical (unpaired) electrons. The average Bonchev–Trinajstić information content (AvgIpc) is 3.69. The van der Waals surface area contributed by atoms with Crippen LogP contribution < -0.4 is 5.32 Å². The number of ether oxygens (including phenoxy) is 1. The molecule has 2 N–H and O–H groups in total. The number of likely N-dealkylation sites (tertiary alicyclic amines) is 1. The first-order valence-corrected chi connectivity index (χ1v) is 20.9. The number of nitrogens with one attached hydrogen (secondary N) is 1. The highest BCUT2D eigenvalue weighted by molar-refractivity contribution is 5.81. The fourth-order valence-corrected chi connectivity index (χ4v) is 14.4. The summed E-state index contributed by atoms with van der Waals surface area (Å²) in [5.41, 5.74) is 1.47. The zero-order valence-electron chi connectivity index (χ0n) is 33.4. The number of hydrogen-bond donors (Lipinski definition) is 2. The number of esters is 1. The van der Waals surface area contributed by atoms with Crippen molar-refractivity contribution < 1.29 is 19.4 Å². The van der Waals surface area contributed by atoms with E-state index < -0.39 is 11.4 Å². The Hall–Kier alpha value is -1.40. The molecule has 1 heterocycles. The van der Waals surface area contributed by atoms with Crippen molar-refractivity contribution in [3.63, 3.8) is 0 Å². The molecule has 5 aliphatic carbocycles. The normalized spacial score (nSPS) is 42.6. The third kappa shape index (κ3) is 6.34. The number of allylic oxidation sites excluding steroid dienone is 1. The standard InChI is InChI=1S/C44H74N2O4/c1-30(2)31-15-20-44(23-25-45-24-12-28-46-26-10-11-27-46)22-21-42(8)32(37(31)44)13-14-34-41(7)18-17-35(50-36(47)29-39(3,4)38(48)49)40(5,6)33(41)16-19-43(34,42)9/h31-35,37,45H,1,10-29H2,2-9H3,(H,48,49)/t31-,32+,33-,34+,35-,37+,41-,42+,43+,44+/m0/s1. The number of nitrogens with zero attached hydrogens (tertiary/aromatic N) is 1. The molecular formula is C44H74N2O4. The third-order valence-electron chi connectivity index (χ3n) is 17.4. The highest BCUT2D eigenvalue weighted by Gasteiger charge is 2.71. The minimum absolute atomic E-state index is 0.0834. The van der Waals surface area contributed by atoms with Crippen LogP contribution in [0.4, 0.5) is 0 Å². The second-order valence-corrected chi connectivity index (χ2v) is 20.7. The van der Waals surface area contributed by atoms with E-state index in [1.54, 1.807) is 13.8 Å². The molecule has 0 unspecified atom stereocenters. The number of fused-ring (bicyclic) bond motifs is 7. The van der Waals surface area contributed by atoms with Gasteiger partial charge in [-0.05, 0) is 195 Å².